The van der Waals surface area contributed by atoms with E-state index in [4.69, 9.17) is 4.74 Å². The molecule has 1 atom stereocenters. The number of aryl methyl sites for hydroxylation is 1. The second kappa shape index (κ2) is 7.57. The maximum Gasteiger partial charge on any atom is 0.229 e. The summed E-state index contributed by atoms with van der Waals surface area (Å²) in [5.74, 6) is 1.20. The topological polar surface area (TPSA) is 50.3 Å². The van der Waals surface area contributed by atoms with Crippen LogP contribution in [-0.4, -0.2) is 36.3 Å². The molecule has 1 aromatic heterocycles. The van der Waals surface area contributed by atoms with Crippen molar-refractivity contribution in [1.82, 2.24) is 9.97 Å². The fourth-order valence-corrected chi connectivity index (χ4v) is 3.03. The maximum atomic E-state index is 13.1. The Morgan fingerprint density at radius 3 is 2.79 bits per heavy atom. The highest BCUT2D eigenvalue weighted by molar-refractivity contribution is 5.56. The summed E-state index contributed by atoms with van der Waals surface area (Å²) in [6.07, 6.45) is 3.08. The van der Waals surface area contributed by atoms with Gasteiger partial charge in [0.2, 0.25) is 5.95 Å². The molecule has 0 bridgehead atoms. The number of nitrogens with one attached hydrogen (secondary N) is 1. The Balaban J connectivity index is 1.86. The summed E-state index contributed by atoms with van der Waals surface area (Å²) >= 11 is 0. The van der Waals surface area contributed by atoms with Gasteiger partial charge in [0, 0.05) is 31.1 Å². The van der Waals surface area contributed by atoms with Gasteiger partial charge in [0.1, 0.15) is 11.6 Å². The molecule has 1 aromatic carbocycles. The lowest BCUT2D eigenvalue weighted by molar-refractivity contribution is 0.180. The van der Waals surface area contributed by atoms with Crippen molar-refractivity contribution in [3.05, 3.63) is 41.8 Å². The predicted octanol–water partition coefficient (Wildman–Crippen LogP) is 3.54. The first-order chi connectivity index (χ1) is 11.7. The summed E-state index contributed by atoms with van der Waals surface area (Å²) in [6, 6.07) is 8.60. The van der Waals surface area contributed by atoms with E-state index < -0.39 is 0 Å². The van der Waals surface area contributed by atoms with Crippen LogP contribution in [0.4, 0.5) is 21.8 Å². The van der Waals surface area contributed by atoms with Crippen molar-refractivity contribution in [1.29, 1.82) is 0 Å². The van der Waals surface area contributed by atoms with Gasteiger partial charge < -0.3 is 15.0 Å². The van der Waals surface area contributed by atoms with E-state index in [9.17, 15) is 4.39 Å². The summed E-state index contributed by atoms with van der Waals surface area (Å²) in [5.41, 5.74) is 1.75. The number of methoxy groups -OCH3 is 1. The van der Waals surface area contributed by atoms with Crippen LogP contribution in [0.5, 0.6) is 0 Å². The Bertz CT molecular complexity index is 677. The van der Waals surface area contributed by atoms with Crippen molar-refractivity contribution >= 4 is 17.5 Å². The van der Waals surface area contributed by atoms with Crippen molar-refractivity contribution < 1.29 is 9.13 Å². The van der Waals surface area contributed by atoms with Gasteiger partial charge in [-0.2, -0.15) is 4.98 Å². The Morgan fingerprint density at radius 1 is 1.29 bits per heavy atom. The molecular formula is C18H23FN4O. The van der Waals surface area contributed by atoms with Crippen LogP contribution in [0.25, 0.3) is 0 Å². The van der Waals surface area contributed by atoms with Gasteiger partial charge in [0.25, 0.3) is 0 Å². The SMILES string of the molecule is CCc1cc(N2CCCC2COC)nc(Nc2ccc(F)cc2)n1. The molecular weight excluding hydrogens is 307 g/mol. The molecule has 128 valence electrons. The first kappa shape index (κ1) is 16.6. The molecule has 1 fully saturated rings. The van der Waals surface area contributed by atoms with E-state index in [2.05, 4.69) is 27.1 Å². The number of nitrogens with zero attached hydrogens (tertiary/aromatic N) is 3. The van der Waals surface area contributed by atoms with Crippen LogP contribution in [0.15, 0.2) is 30.3 Å². The zero-order valence-electron chi connectivity index (χ0n) is 14.1. The Morgan fingerprint density at radius 2 is 2.08 bits per heavy atom. The smallest absolute Gasteiger partial charge is 0.229 e. The highest BCUT2D eigenvalue weighted by Crippen LogP contribution is 2.26. The Hall–Kier alpha value is -2.21. The monoisotopic (exact) mass is 330 g/mol. The lowest BCUT2D eigenvalue weighted by Crippen LogP contribution is -2.33. The van der Waals surface area contributed by atoms with E-state index in [1.165, 1.54) is 12.1 Å². The minimum Gasteiger partial charge on any atom is -0.383 e. The molecule has 0 amide bonds. The standard InChI is InChI=1S/C18H23FN4O/c1-3-14-11-17(23-10-4-5-16(23)12-24-2)22-18(20-14)21-15-8-6-13(19)7-9-15/h6-9,11,16H,3-5,10,12H2,1-2H3,(H,20,21,22). The van der Waals surface area contributed by atoms with Gasteiger partial charge in [-0.1, -0.05) is 6.92 Å². The van der Waals surface area contributed by atoms with Crippen LogP contribution in [0.3, 0.4) is 0 Å². The fraction of sp³-hybridized carbons (Fsp3) is 0.444. The number of hydrogen-bond acceptors (Lipinski definition) is 5. The fourth-order valence-electron chi connectivity index (χ4n) is 3.03. The lowest BCUT2D eigenvalue weighted by atomic mass is 10.2. The molecule has 0 aliphatic carbocycles. The molecule has 24 heavy (non-hydrogen) atoms. The number of aromatic nitrogens is 2. The molecule has 2 aromatic rings. The van der Waals surface area contributed by atoms with Gasteiger partial charge in [-0.3, -0.25) is 0 Å². The maximum absolute atomic E-state index is 13.1. The minimum atomic E-state index is -0.260. The summed E-state index contributed by atoms with van der Waals surface area (Å²) in [7, 11) is 1.73. The van der Waals surface area contributed by atoms with Crippen LogP contribution in [0, 0.1) is 5.82 Å². The number of benzene rings is 1. The van der Waals surface area contributed by atoms with Crippen molar-refractivity contribution in [2.75, 3.05) is 30.5 Å². The van der Waals surface area contributed by atoms with Gasteiger partial charge in [0.05, 0.1) is 12.6 Å². The summed E-state index contributed by atoms with van der Waals surface area (Å²) < 4.78 is 18.4. The summed E-state index contributed by atoms with van der Waals surface area (Å²) in [5, 5.41) is 3.17. The average molecular weight is 330 g/mol. The van der Waals surface area contributed by atoms with Crippen molar-refractivity contribution in [3.8, 4) is 0 Å². The molecule has 5 nitrogen and oxygen atoms in total. The molecule has 2 heterocycles. The first-order valence-corrected chi connectivity index (χ1v) is 8.35. The summed E-state index contributed by atoms with van der Waals surface area (Å²) in [6.45, 7) is 3.75. The molecule has 1 aliphatic heterocycles. The average Bonchev–Trinajstić information content (AvgIpc) is 3.05. The van der Waals surface area contributed by atoms with E-state index >= 15 is 0 Å². The van der Waals surface area contributed by atoms with Crippen LogP contribution in [-0.2, 0) is 11.2 Å². The van der Waals surface area contributed by atoms with E-state index in [0.717, 1.165) is 43.0 Å². The third kappa shape index (κ3) is 3.82. The lowest BCUT2D eigenvalue weighted by Gasteiger charge is -2.25. The second-order valence-corrected chi connectivity index (χ2v) is 5.97. The van der Waals surface area contributed by atoms with Crippen LogP contribution >= 0.6 is 0 Å². The highest BCUT2D eigenvalue weighted by Gasteiger charge is 2.26. The zero-order valence-corrected chi connectivity index (χ0v) is 14.1. The van der Waals surface area contributed by atoms with Crippen LogP contribution in [0.2, 0.25) is 0 Å². The third-order valence-corrected chi connectivity index (χ3v) is 4.26. The van der Waals surface area contributed by atoms with E-state index in [0.29, 0.717) is 18.6 Å². The van der Waals surface area contributed by atoms with Gasteiger partial charge in [-0.05, 0) is 43.5 Å². The van der Waals surface area contributed by atoms with Gasteiger partial charge >= 0.3 is 0 Å². The normalized spacial score (nSPS) is 17.3. The molecule has 3 rings (SSSR count). The van der Waals surface area contributed by atoms with Crippen LogP contribution < -0.4 is 10.2 Å². The molecule has 0 saturated carbocycles. The molecule has 0 spiro atoms. The molecule has 0 radical (unpaired) electrons. The zero-order chi connectivity index (χ0) is 16.9. The molecule has 1 aliphatic rings. The van der Waals surface area contributed by atoms with Gasteiger partial charge in [-0.25, -0.2) is 9.37 Å². The first-order valence-electron chi connectivity index (χ1n) is 8.35. The predicted molar refractivity (Wildman–Crippen MR) is 93.3 cm³/mol. The van der Waals surface area contributed by atoms with Gasteiger partial charge in [-0.15, -0.1) is 0 Å². The highest BCUT2D eigenvalue weighted by atomic mass is 19.1. The number of ether oxygens (including phenoxy) is 1. The second-order valence-electron chi connectivity index (χ2n) is 5.97. The minimum absolute atomic E-state index is 0.260. The summed E-state index contributed by atoms with van der Waals surface area (Å²) in [4.78, 5) is 11.5. The number of rotatable bonds is 6. The Labute approximate surface area is 141 Å². The van der Waals surface area contributed by atoms with E-state index in [1.54, 1.807) is 19.2 Å². The van der Waals surface area contributed by atoms with Crippen LogP contribution in [0.1, 0.15) is 25.5 Å². The molecule has 1 unspecified atom stereocenters. The number of anilines is 3. The van der Waals surface area contributed by atoms with Crippen molar-refractivity contribution in [3.63, 3.8) is 0 Å². The van der Waals surface area contributed by atoms with E-state index in [-0.39, 0.29) is 5.82 Å². The molecule has 1 saturated heterocycles. The molecule has 1 N–H and O–H groups in total. The number of hydrogen-bond donors (Lipinski definition) is 1. The van der Waals surface area contributed by atoms with E-state index in [1.807, 2.05) is 6.07 Å². The van der Waals surface area contributed by atoms with Crippen molar-refractivity contribution in [2.45, 2.75) is 32.2 Å². The van der Waals surface area contributed by atoms with Gasteiger partial charge in [0.15, 0.2) is 0 Å². The quantitative estimate of drug-likeness (QED) is 0.878. The molecule has 6 heteroatoms. The van der Waals surface area contributed by atoms with Crippen molar-refractivity contribution in [2.24, 2.45) is 0 Å². The Kier molecular flexibility index (Phi) is 5.25. The number of halogens is 1. The largest absolute Gasteiger partial charge is 0.383 e. The third-order valence-electron chi connectivity index (χ3n) is 4.26.